The van der Waals surface area contributed by atoms with Crippen molar-refractivity contribution in [3.63, 3.8) is 0 Å². The van der Waals surface area contributed by atoms with E-state index in [2.05, 4.69) is 0 Å². The molecule has 0 aliphatic carbocycles. The molecule has 0 atom stereocenters. The molecule has 0 unspecified atom stereocenters. The van der Waals surface area contributed by atoms with Crippen LogP contribution in [0.4, 0.5) is 0 Å². The van der Waals surface area contributed by atoms with Gasteiger partial charge in [0, 0.05) is 0 Å². The summed E-state index contributed by atoms with van der Waals surface area (Å²) in [6.07, 6.45) is 0. The Kier molecular flexibility index (Phi) is 0.195. The van der Waals surface area contributed by atoms with E-state index in [0.29, 0.717) is 0 Å². The third kappa shape index (κ3) is 0.117. The summed E-state index contributed by atoms with van der Waals surface area (Å²) in [4.78, 5) is 0. The molecule has 6 heavy (non-hydrogen) atoms. The molecule has 2 saturated heterocycles. The summed E-state index contributed by atoms with van der Waals surface area (Å²) in [5, 5.41) is 0. The molecule has 2 aliphatic rings. The Morgan fingerprint density at radius 3 is 1.17 bits per heavy atom. The molecular weight excluding hydrogens is 80.0 g/mol. The first-order chi connectivity index (χ1) is 2.66. The van der Waals surface area contributed by atoms with Crippen molar-refractivity contribution >= 4 is 0 Å². The van der Waals surface area contributed by atoms with Crippen molar-refractivity contribution in [1.82, 2.24) is 0 Å². The smallest absolute Gasteiger partial charge is 0.226 e. The van der Waals surface area contributed by atoms with Crippen LogP contribution in [0.15, 0.2) is 0 Å². The van der Waals surface area contributed by atoms with E-state index >= 15 is 0 Å². The highest BCUT2D eigenvalue weighted by Gasteiger charge is 2.85. The minimum absolute atomic E-state index is 0.146. The second kappa shape index (κ2) is 0.390. The molecule has 0 amide bonds. The first-order valence-electron chi connectivity index (χ1n) is 2.07. The van der Waals surface area contributed by atoms with Gasteiger partial charge in [-0.25, -0.2) is 0 Å². The zero-order chi connectivity index (χ0) is 4.41. The molecular formula is C4H6O2. The predicted molar refractivity (Wildman–Crippen MR) is 19.0 cm³/mol. The number of ether oxygens (including phenoxy) is 2. The minimum atomic E-state index is -0.146. The molecule has 0 spiro atoms. The molecule has 0 aromatic rings. The molecule has 0 aromatic carbocycles. The zero-order valence-electron chi connectivity index (χ0n) is 3.82. The summed E-state index contributed by atoms with van der Waals surface area (Å²) in [6, 6.07) is 0. The van der Waals surface area contributed by atoms with E-state index in [-0.39, 0.29) is 11.6 Å². The number of fused-ring (bicyclic) bond motifs is 1. The van der Waals surface area contributed by atoms with Crippen LogP contribution in [0.1, 0.15) is 13.8 Å². The summed E-state index contributed by atoms with van der Waals surface area (Å²) in [6.45, 7) is 3.88. The lowest BCUT2D eigenvalue weighted by atomic mass is 10.4. The van der Waals surface area contributed by atoms with Gasteiger partial charge in [-0.15, -0.1) is 0 Å². The van der Waals surface area contributed by atoms with Crippen LogP contribution in [0.5, 0.6) is 0 Å². The number of rotatable bonds is 0. The van der Waals surface area contributed by atoms with Crippen molar-refractivity contribution in [3.8, 4) is 0 Å². The standard InChI is InChI=1S/C4H6O2/c1-3-4(2,5-3)6-3/h1-2H3. The molecule has 0 aromatic heterocycles. The van der Waals surface area contributed by atoms with E-state index in [0.717, 1.165) is 0 Å². The fourth-order valence-electron chi connectivity index (χ4n) is 0.700. The lowest BCUT2D eigenvalue weighted by molar-refractivity contribution is -0.0811. The average molecular weight is 86.1 g/mol. The maximum absolute atomic E-state index is 4.96. The highest BCUT2D eigenvalue weighted by molar-refractivity contribution is 5.11. The first kappa shape index (κ1) is 2.99. The summed E-state index contributed by atoms with van der Waals surface area (Å²) >= 11 is 0. The minimum Gasteiger partial charge on any atom is -0.308 e. The summed E-state index contributed by atoms with van der Waals surface area (Å²) in [5.41, 5.74) is 0. The van der Waals surface area contributed by atoms with Crippen LogP contribution in [0.2, 0.25) is 0 Å². The highest BCUT2D eigenvalue weighted by Crippen LogP contribution is 2.66. The van der Waals surface area contributed by atoms with Crippen molar-refractivity contribution in [2.24, 2.45) is 0 Å². The Bertz CT molecular complexity index is 90.1. The topological polar surface area (TPSA) is 25.1 Å². The Hall–Kier alpha value is -0.0800. The Balaban J connectivity index is 2.34. The van der Waals surface area contributed by atoms with Gasteiger partial charge in [-0.2, -0.15) is 0 Å². The first-order valence-corrected chi connectivity index (χ1v) is 2.07. The van der Waals surface area contributed by atoms with Crippen molar-refractivity contribution in [3.05, 3.63) is 0 Å². The predicted octanol–water partition coefficient (Wildman–Crippen LogP) is 0.479. The van der Waals surface area contributed by atoms with Gasteiger partial charge in [0.15, 0.2) is 0 Å². The number of hydrogen-bond donors (Lipinski definition) is 0. The molecule has 34 valence electrons. The number of hydrogen-bond acceptors (Lipinski definition) is 2. The van der Waals surface area contributed by atoms with Gasteiger partial charge in [-0.05, 0) is 13.8 Å². The summed E-state index contributed by atoms with van der Waals surface area (Å²) < 4.78 is 9.92. The van der Waals surface area contributed by atoms with Crippen molar-refractivity contribution in [2.75, 3.05) is 0 Å². The van der Waals surface area contributed by atoms with Crippen LogP contribution < -0.4 is 0 Å². The van der Waals surface area contributed by atoms with Gasteiger partial charge in [0.05, 0.1) is 0 Å². The fraction of sp³-hybridized carbons (Fsp3) is 1.00. The van der Waals surface area contributed by atoms with Gasteiger partial charge >= 0.3 is 0 Å². The van der Waals surface area contributed by atoms with E-state index in [1.54, 1.807) is 0 Å². The van der Waals surface area contributed by atoms with Crippen LogP contribution in [-0.4, -0.2) is 11.6 Å². The maximum Gasteiger partial charge on any atom is 0.226 e. The van der Waals surface area contributed by atoms with Gasteiger partial charge < -0.3 is 9.47 Å². The van der Waals surface area contributed by atoms with Crippen LogP contribution >= 0.6 is 0 Å². The van der Waals surface area contributed by atoms with E-state index in [4.69, 9.17) is 9.47 Å². The van der Waals surface area contributed by atoms with E-state index in [1.807, 2.05) is 13.8 Å². The maximum atomic E-state index is 4.96. The van der Waals surface area contributed by atoms with Crippen molar-refractivity contribution in [2.45, 2.75) is 25.4 Å². The van der Waals surface area contributed by atoms with Crippen molar-refractivity contribution < 1.29 is 9.47 Å². The van der Waals surface area contributed by atoms with Crippen LogP contribution in [0, 0.1) is 0 Å². The van der Waals surface area contributed by atoms with E-state index < -0.39 is 0 Å². The molecule has 0 saturated carbocycles. The second-order valence-electron chi connectivity index (χ2n) is 2.10. The average Bonchev–Trinajstić information content (AvgIpc) is 1.78. The molecule has 2 nitrogen and oxygen atoms in total. The normalized spacial score (nSPS) is 73.0. The monoisotopic (exact) mass is 86.0 g/mol. The zero-order valence-corrected chi connectivity index (χ0v) is 3.82. The SMILES string of the molecule is CC12OC1(C)O2. The van der Waals surface area contributed by atoms with E-state index in [9.17, 15) is 0 Å². The van der Waals surface area contributed by atoms with Gasteiger partial charge in [0.1, 0.15) is 0 Å². The van der Waals surface area contributed by atoms with E-state index in [1.165, 1.54) is 0 Å². The Morgan fingerprint density at radius 2 is 1.17 bits per heavy atom. The summed E-state index contributed by atoms with van der Waals surface area (Å²) in [7, 11) is 0. The molecule has 2 aliphatic heterocycles. The largest absolute Gasteiger partial charge is 0.308 e. The van der Waals surface area contributed by atoms with Crippen LogP contribution in [0.25, 0.3) is 0 Å². The molecule has 2 heterocycles. The molecule has 2 rings (SSSR count). The van der Waals surface area contributed by atoms with Gasteiger partial charge in [0.2, 0.25) is 11.6 Å². The van der Waals surface area contributed by atoms with Gasteiger partial charge in [-0.3, -0.25) is 0 Å². The molecule has 2 fully saturated rings. The third-order valence-corrected chi connectivity index (χ3v) is 1.52. The fourth-order valence-corrected chi connectivity index (χ4v) is 0.700. The Labute approximate surface area is 36.0 Å². The number of epoxide rings is 2. The lowest BCUT2D eigenvalue weighted by Gasteiger charge is -1.87. The molecule has 0 radical (unpaired) electrons. The second-order valence-corrected chi connectivity index (χ2v) is 2.10. The Morgan fingerprint density at radius 1 is 1.00 bits per heavy atom. The van der Waals surface area contributed by atoms with Crippen LogP contribution in [0.3, 0.4) is 0 Å². The lowest BCUT2D eigenvalue weighted by Crippen LogP contribution is -1.89. The molecule has 0 N–H and O–H groups in total. The van der Waals surface area contributed by atoms with Gasteiger partial charge in [0.25, 0.3) is 0 Å². The summed E-state index contributed by atoms with van der Waals surface area (Å²) in [5.74, 6) is -0.292. The molecule has 2 heteroatoms. The molecule has 0 bridgehead atoms. The van der Waals surface area contributed by atoms with Gasteiger partial charge in [-0.1, -0.05) is 0 Å². The van der Waals surface area contributed by atoms with Crippen molar-refractivity contribution in [1.29, 1.82) is 0 Å². The third-order valence-electron chi connectivity index (χ3n) is 1.52. The quantitative estimate of drug-likeness (QED) is 0.400. The van der Waals surface area contributed by atoms with Crippen LogP contribution in [-0.2, 0) is 9.47 Å². The highest BCUT2D eigenvalue weighted by atomic mass is 17.0.